The molecule has 0 aromatic rings. The molecule has 0 saturated carbocycles. The van der Waals surface area contributed by atoms with Crippen molar-refractivity contribution in [3.05, 3.63) is 0 Å². The third-order valence-electron chi connectivity index (χ3n) is 3.18. The molecule has 4 heteroatoms. The topological polar surface area (TPSA) is 52.9 Å². The minimum Gasteiger partial charge on any atom is -0.396 e. The van der Waals surface area contributed by atoms with E-state index >= 15 is 0 Å². The van der Waals surface area contributed by atoms with Gasteiger partial charge >= 0.3 is 0 Å². The van der Waals surface area contributed by atoms with Gasteiger partial charge in [0, 0.05) is 32.4 Å². The van der Waals surface area contributed by atoms with Crippen molar-refractivity contribution in [3.8, 4) is 0 Å². The van der Waals surface area contributed by atoms with E-state index in [0.29, 0.717) is 12.3 Å². The van der Waals surface area contributed by atoms with Crippen LogP contribution >= 0.6 is 0 Å². The first kappa shape index (κ1) is 12.9. The molecular weight excluding hydrogens is 194 g/mol. The smallest absolute Gasteiger partial charge is 0.0587 e. The summed E-state index contributed by atoms with van der Waals surface area (Å²) in [5, 5.41) is 18.0. The fraction of sp³-hybridized carbons (Fsp3) is 1.00. The van der Waals surface area contributed by atoms with E-state index in [9.17, 15) is 5.11 Å². The standard InChI is InChI=1S/C11H23NO3/c1-12(11(9-14)2-5-13)8-10-3-6-15-7-4-10/h10-11,13-14H,2-9H2,1H3. The summed E-state index contributed by atoms with van der Waals surface area (Å²) < 4.78 is 5.31. The number of aliphatic hydroxyl groups excluding tert-OH is 2. The second kappa shape index (κ2) is 7.17. The van der Waals surface area contributed by atoms with Crippen molar-refractivity contribution < 1.29 is 14.9 Å². The third kappa shape index (κ3) is 4.47. The average molecular weight is 217 g/mol. The molecule has 1 saturated heterocycles. The molecule has 0 aromatic heterocycles. The zero-order chi connectivity index (χ0) is 11.1. The Bertz CT molecular complexity index is 160. The molecule has 1 unspecified atom stereocenters. The van der Waals surface area contributed by atoms with Crippen LogP contribution in [0.25, 0.3) is 0 Å². The molecule has 1 atom stereocenters. The second-order valence-corrected chi connectivity index (χ2v) is 4.34. The van der Waals surface area contributed by atoms with Crippen LogP contribution in [0.1, 0.15) is 19.3 Å². The zero-order valence-electron chi connectivity index (χ0n) is 9.56. The molecule has 0 aliphatic carbocycles. The third-order valence-corrected chi connectivity index (χ3v) is 3.18. The summed E-state index contributed by atoms with van der Waals surface area (Å²) in [5.74, 6) is 0.677. The van der Waals surface area contributed by atoms with Crippen molar-refractivity contribution in [1.29, 1.82) is 0 Å². The minimum atomic E-state index is 0.0952. The predicted octanol–water partition coefficient (Wildman–Crippen LogP) is 0.0881. The van der Waals surface area contributed by atoms with Crippen molar-refractivity contribution in [2.24, 2.45) is 5.92 Å². The highest BCUT2D eigenvalue weighted by Gasteiger charge is 2.19. The van der Waals surface area contributed by atoms with Crippen molar-refractivity contribution in [2.45, 2.75) is 25.3 Å². The lowest BCUT2D eigenvalue weighted by atomic mass is 9.99. The van der Waals surface area contributed by atoms with Gasteiger partial charge in [-0.15, -0.1) is 0 Å². The van der Waals surface area contributed by atoms with Crippen LogP contribution in [-0.2, 0) is 4.74 Å². The van der Waals surface area contributed by atoms with Crippen LogP contribution < -0.4 is 0 Å². The summed E-state index contributed by atoms with van der Waals surface area (Å²) in [6.07, 6.45) is 2.87. The molecule has 0 aromatic carbocycles. The van der Waals surface area contributed by atoms with Gasteiger partial charge in [0.1, 0.15) is 0 Å². The molecule has 2 N–H and O–H groups in total. The largest absolute Gasteiger partial charge is 0.396 e. The summed E-state index contributed by atoms with van der Waals surface area (Å²) in [5.41, 5.74) is 0. The van der Waals surface area contributed by atoms with Crippen LogP contribution in [0.2, 0.25) is 0 Å². The second-order valence-electron chi connectivity index (χ2n) is 4.34. The number of likely N-dealkylation sites (N-methyl/N-ethyl adjacent to an activating group) is 1. The Morgan fingerprint density at radius 1 is 1.33 bits per heavy atom. The Morgan fingerprint density at radius 2 is 2.00 bits per heavy atom. The van der Waals surface area contributed by atoms with Crippen LogP contribution in [0.3, 0.4) is 0 Å². The van der Waals surface area contributed by atoms with Crippen LogP contribution in [0.4, 0.5) is 0 Å². The number of hydrogen-bond acceptors (Lipinski definition) is 4. The molecule has 4 nitrogen and oxygen atoms in total. The van der Waals surface area contributed by atoms with E-state index in [-0.39, 0.29) is 19.3 Å². The Balaban J connectivity index is 2.27. The van der Waals surface area contributed by atoms with E-state index in [1.807, 2.05) is 7.05 Å². The summed E-state index contributed by atoms with van der Waals surface area (Å²) in [6.45, 7) is 2.99. The summed E-state index contributed by atoms with van der Waals surface area (Å²) >= 11 is 0. The number of rotatable bonds is 6. The average Bonchev–Trinajstić information content (AvgIpc) is 2.27. The molecule has 1 fully saturated rings. The Kier molecular flexibility index (Phi) is 6.17. The van der Waals surface area contributed by atoms with Gasteiger partial charge in [0.15, 0.2) is 0 Å². The number of hydrogen-bond donors (Lipinski definition) is 2. The molecule has 1 aliphatic rings. The van der Waals surface area contributed by atoms with Crippen molar-refractivity contribution >= 4 is 0 Å². The zero-order valence-corrected chi connectivity index (χ0v) is 9.56. The number of aliphatic hydroxyl groups is 2. The first-order valence-corrected chi connectivity index (χ1v) is 5.77. The Labute approximate surface area is 91.8 Å². The van der Waals surface area contributed by atoms with Gasteiger partial charge in [-0.2, -0.15) is 0 Å². The fourth-order valence-electron chi connectivity index (χ4n) is 2.09. The van der Waals surface area contributed by atoms with Crippen LogP contribution in [0.5, 0.6) is 0 Å². The highest BCUT2D eigenvalue weighted by Crippen LogP contribution is 2.17. The summed E-state index contributed by atoms with van der Waals surface area (Å²) in [7, 11) is 2.02. The van der Waals surface area contributed by atoms with Crippen LogP contribution in [-0.4, -0.2) is 61.2 Å². The monoisotopic (exact) mass is 217 g/mol. The van der Waals surface area contributed by atoms with Crippen LogP contribution in [0.15, 0.2) is 0 Å². The highest BCUT2D eigenvalue weighted by molar-refractivity contribution is 4.72. The Hall–Kier alpha value is -0.160. The van der Waals surface area contributed by atoms with E-state index in [4.69, 9.17) is 9.84 Å². The van der Waals surface area contributed by atoms with Crippen molar-refractivity contribution in [2.75, 3.05) is 40.0 Å². The SMILES string of the molecule is CN(CC1CCOCC1)C(CO)CCO. The molecule has 0 amide bonds. The molecule has 90 valence electrons. The van der Waals surface area contributed by atoms with Gasteiger partial charge in [0.25, 0.3) is 0 Å². The molecule has 1 heterocycles. The van der Waals surface area contributed by atoms with Crippen LogP contribution in [0, 0.1) is 5.92 Å². The molecule has 15 heavy (non-hydrogen) atoms. The molecule has 1 aliphatic heterocycles. The predicted molar refractivity (Wildman–Crippen MR) is 58.7 cm³/mol. The van der Waals surface area contributed by atoms with Gasteiger partial charge in [-0.1, -0.05) is 0 Å². The number of ether oxygens (including phenoxy) is 1. The molecule has 0 radical (unpaired) electrons. The normalized spacial score (nSPS) is 20.8. The van der Waals surface area contributed by atoms with Gasteiger partial charge in [-0.05, 0) is 32.2 Å². The first-order valence-electron chi connectivity index (χ1n) is 5.77. The number of nitrogens with zero attached hydrogens (tertiary/aromatic N) is 1. The van der Waals surface area contributed by atoms with Gasteiger partial charge in [-0.25, -0.2) is 0 Å². The molecular formula is C11H23NO3. The molecule has 0 spiro atoms. The molecule has 0 bridgehead atoms. The van der Waals surface area contributed by atoms with E-state index in [1.54, 1.807) is 0 Å². The lowest BCUT2D eigenvalue weighted by Crippen LogP contribution is -2.39. The summed E-state index contributed by atoms with van der Waals surface area (Å²) in [4.78, 5) is 2.16. The van der Waals surface area contributed by atoms with Gasteiger partial charge in [0.05, 0.1) is 6.61 Å². The summed E-state index contributed by atoms with van der Waals surface area (Å²) in [6, 6.07) is 0.0952. The van der Waals surface area contributed by atoms with Crippen molar-refractivity contribution in [1.82, 2.24) is 4.90 Å². The Morgan fingerprint density at radius 3 is 2.53 bits per heavy atom. The lowest BCUT2D eigenvalue weighted by Gasteiger charge is -2.31. The quantitative estimate of drug-likeness (QED) is 0.662. The lowest BCUT2D eigenvalue weighted by molar-refractivity contribution is 0.0409. The first-order chi connectivity index (χ1) is 7.27. The van der Waals surface area contributed by atoms with E-state index in [2.05, 4.69) is 4.90 Å². The minimum absolute atomic E-state index is 0.0952. The maximum atomic E-state index is 9.18. The maximum Gasteiger partial charge on any atom is 0.0587 e. The van der Waals surface area contributed by atoms with Gasteiger partial charge < -0.3 is 19.8 Å². The van der Waals surface area contributed by atoms with Gasteiger partial charge in [-0.3, -0.25) is 0 Å². The maximum absolute atomic E-state index is 9.18. The van der Waals surface area contributed by atoms with E-state index in [0.717, 1.165) is 32.6 Å². The fourth-order valence-corrected chi connectivity index (χ4v) is 2.09. The molecule has 1 rings (SSSR count). The van der Waals surface area contributed by atoms with E-state index < -0.39 is 0 Å². The van der Waals surface area contributed by atoms with E-state index in [1.165, 1.54) is 0 Å². The highest BCUT2D eigenvalue weighted by atomic mass is 16.5. The van der Waals surface area contributed by atoms with Crippen molar-refractivity contribution in [3.63, 3.8) is 0 Å². The van der Waals surface area contributed by atoms with Gasteiger partial charge in [0.2, 0.25) is 0 Å².